The van der Waals surface area contributed by atoms with Crippen LogP contribution in [0.4, 0.5) is 0 Å². The Kier molecular flexibility index (Phi) is 7.87. The van der Waals surface area contributed by atoms with Crippen molar-refractivity contribution in [2.45, 2.75) is 19.3 Å². The lowest BCUT2D eigenvalue weighted by molar-refractivity contribution is 0.0267. The van der Waals surface area contributed by atoms with E-state index in [4.69, 9.17) is 20.7 Å². The summed E-state index contributed by atoms with van der Waals surface area (Å²) in [6, 6.07) is 0. The van der Waals surface area contributed by atoms with Crippen LogP contribution in [0.2, 0.25) is 0 Å². The second-order valence-corrected chi connectivity index (χ2v) is 5.99. The smallest absolute Gasteiger partial charge is 0.184 e. The van der Waals surface area contributed by atoms with Gasteiger partial charge in [0.15, 0.2) is 5.88 Å². The summed E-state index contributed by atoms with van der Waals surface area (Å²) in [4.78, 5) is 4.34. The van der Waals surface area contributed by atoms with Crippen molar-refractivity contribution in [3.8, 4) is 0 Å². The average molecular weight is 338 g/mol. The molecule has 0 atom stereocenters. The van der Waals surface area contributed by atoms with Gasteiger partial charge >= 0.3 is 0 Å². The molecule has 2 fully saturated rings. The largest absolute Gasteiger partial charge is 0.478 e. The Balaban J connectivity index is 1.70. The molecule has 24 heavy (non-hydrogen) atoms. The number of nitrogens with one attached hydrogen (secondary N) is 3. The van der Waals surface area contributed by atoms with Gasteiger partial charge in [0.05, 0.1) is 13.2 Å². The molecule has 8 nitrogen and oxygen atoms in total. The fraction of sp³-hybridized carbons (Fsp3) is 0.688. The zero-order valence-corrected chi connectivity index (χ0v) is 14.4. The number of morpholine rings is 1. The highest BCUT2D eigenvalue weighted by Gasteiger charge is 2.13. The van der Waals surface area contributed by atoms with Gasteiger partial charge in [0.25, 0.3) is 0 Å². The third-order valence-corrected chi connectivity index (χ3v) is 4.19. The minimum absolute atomic E-state index is 0.416. The van der Waals surface area contributed by atoms with Crippen molar-refractivity contribution in [2.75, 3.05) is 52.5 Å². The van der Waals surface area contributed by atoms with Gasteiger partial charge in [0.1, 0.15) is 18.3 Å². The normalized spacial score (nSPS) is 19.7. The van der Waals surface area contributed by atoms with E-state index in [1.807, 2.05) is 4.90 Å². The summed E-state index contributed by atoms with van der Waals surface area (Å²) in [5.74, 6) is 6.89. The van der Waals surface area contributed by atoms with Gasteiger partial charge in [-0.1, -0.05) is 0 Å². The zero-order chi connectivity index (χ0) is 17.2. The SMILES string of the molecule is C=C(NC(=CC(=N)N1CCCCC1)NN)OCCN1CCOCC1. The lowest BCUT2D eigenvalue weighted by Crippen LogP contribution is -2.39. The monoisotopic (exact) mass is 338 g/mol. The van der Waals surface area contributed by atoms with Gasteiger partial charge in [0.2, 0.25) is 0 Å². The number of amidine groups is 1. The van der Waals surface area contributed by atoms with Crippen LogP contribution in [-0.4, -0.2) is 68.2 Å². The summed E-state index contributed by atoms with van der Waals surface area (Å²) in [5, 5.41) is 11.1. The van der Waals surface area contributed by atoms with Crippen LogP contribution >= 0.6 is 0 Å². The van der Waals surface area contributed by atoms with Crippen LogP contribution in [0.25, 0.3) is 0 Å². The molecule has 2 aliphatic heterocycles. The molecule has 0 amide bonds. The molecule has 2 aliphatic rings. The lowest BCUT2D eigenvalue weighted by Gasteiger charge is -2.28. The number of rotatable bonds is 8. The fourth-order valence-electron chi connectivity index (χ4n) is 2.79. The number of piperidine rings is 1. The van der Waals surface area contributed by atoms with E-state index in [0.717, 1.165) is 58.8 Å². The molecule has 5 N–H and O–H groups in total. The van der Waals surface area contributed by atoms with Crippen LogP contribution in [0.1, 0.15) is 19.3 Å². The summed E-state index contributed by atoms with van der Waals surface area (Å²) < 4.78 is 10.9. The highest BCUT2D eigenvalue weighted by molar-refractivity contribution is 5.90. The summed E-state index contributed by atoms with van der Waals surface area (Å²) in [6.45, 7) is 10.5. The molecule has 0 spiro atoms. The molecule has 0 aromatic heterocycles. The van der Waals surface area contributed by atoms with Gasteiger partial charge in [-0.05, 0) is 25.8 Å². The van der Waals surface area contributed by atoms with Crippen molar-refractivity contribution >= 4 is 5.84 Å². The van der Waals surface area contributed by atoms with Crippen molar-refractivity contribution in [2.24, 2.45) is 5.84 Å². The zero-order valence-electron chi connectivity index (χ0n) is 14.4. The number of ether oxygens (including phenoxy) is 2. The third-order valence-electron chi connectivity index (χ3n) is 4.19. The van der Waals surface area contributed by atoms with Crippen molar-refractivity contribution in [1.29, 1.82) is 5.41 Å². The lowest BCUT2D eigenvalue weighted by atomic mass is 10.1. The highest BCUT2D eigenvalue weighted by Crippen LogP contribution is 2.09. The van der Waals surface area contributed by atoms with Gasteiger partial charge < -0.3 is 25.1 Å². The van der Waals surface area contributed by atoms with Crippen LogP contribution in [-0.2, 0) is 9.47 Å². The van der Waals surface area contributed by atoms with Crippen molar-refractivity contribution in [3.05, 3.63) is 24.4 Å². The van der Waals surface area contributed by atoms with Gasteiger partial charge in [-0.3, -0.25) is 10.3 Å². The van der Waals surface area contributed by atoms with E-state index in [-0.39, 0.29) is 0 Å². The minimum Gasteiger partial charge on any atom is -0.478 e. The van der Waals surface area contributed by atoms with E-state index in [9.17, 15) is 0 Å². The van der Waals surface area contributed by atoms with E-state index < -0.39 is 0 Å². The number of hydrogen-bond donors (Lipinski definition) is 4. The van der Waals surface area contributed by atoms with Gasteiger partial charge in [-0.25, -0.2) is 5.84 Å². The Morgan fingerprint density at radius 2 is 1.92 bits per heavy atom. The van der Waals surface area contributed by atoms with E-state index >= 15 is 0 Å². The summed E-state index contributed by atoms with van der Waals surface area (Å²) >= 11 is 0. The Labute approximate surface area is 144 Å². The maximum Gasteiger partial charge on any atom is 0.184 e. The maximum atomic E-state index is 8.16. The molecule has 2 rings (SSSR count). The third kappa shape index (κ3) is 6.38. The molecule has 0 aromatic carbocycles. The molecule has 0 unspecified atom stereocenters. The van der Waals surface area contributed by atoms with E-state index in [1.54, 1.807) is 6.08 Å². The molecule has 136 valence electrons. The first-order chi connectivity index (χ1) is 11.7. The first-order valence-corrected chi connectivity index (χ1v) is 8.59. The molecule has 0 bridgehead atoms. The molecule has 0 saturated carbocycles. The van der Waals surface area contributed by atoms with Crippen molar-refractivity contribution < 1.29 is 9.47 Å². The van der Waals surface area contributed by atoms with Gasteiger partial charge in [0, 0.05) is 38.8 Å². The minimum atomic E-state index is 0.416. The van der Waals surface area contributed by atoms with Crippen LogP contribution in [0, 0.1) is 5.41 Å². The molecule has 2 saturated heterocycles. The average Bonchev–Trinajstić information content (AvgIpc) is 2.62. The Bertz CT molecular complexity index is 442. The summed E-state index contributed by atoms with van der Waals surface area (Å²) in [5.41, 5.74) is 2.56. The van der Waals surface area contributed by atoms with Crippen LogP contribution in [0.15, 0.2) is 24.4 Å². The Morgan fingerprint density at radius 3 is 2.58 bits per heavy atom. The van der Waals surface area contributed by atoms with Gasteiger partial charge in [-0.15, -0.1) is 0 Å². The van der Waals surface area contributed by atoms with E-state index in [1.165, 1.54) is 6.42 Å². The number of hydrazine groups is 1. The molecule has 0 aliphatic carbocycles. The number of nitrogens with two attached hydrogens (primary N) is 1. The predicted molar refractivity (Wildman–Crippen MR) is 94.0 cm³/mol. The number of hydrogen-bond acceptors (Lipinski definition) is 7. The summed E-state index contributed by atoms with van der Waals surface area (Å²) in [6.07, 6.45) is 5.17. The molecule has 2 heterocycles. The first kappa shape index (κ1) is 18.6. The number of nitrogens with zero attached hydrogens (tertiary/aromatic N) is 2. The molecule has 0 aromatic rings. The number of likely N-dealkylation sites (tertiary alicyclic amines) is 1. The standard InChI is InChI=1S/C16H30N6O2/c1-14(24-12-9-21-7-10-23-11-8-21)19-16(20-18)13-15(17)22-5-3-2-4-6-22/h13,17,19-20H,1-12,18H2. The molecular formula is C16H30N6O2. The second-order valence-electron chi connectivity index (χ2n) is 5.99. The molecule has 8 heteroatoms. The van der Waals surface area contributed by atoms with Crippen LogP contribution < -0.4 is 16.6 Å². The first-order valence-electron chi connectivity index (χ1n) is 8.59. The van der Waals surface area contributed by atoms with Crippen LogP contribution in [0.5, 0.6) is 0 Å². The van der Waals surface area contributed by atoms with Crippen LogP contribution in [0.3, 0.4) is 0 Å². The van der Waals surface area contributed by atoms with Crippen molar-refractivity contribution in [1.82, 2.24) is 20.5 Å². The molecule has 0 radical (unpaired) electrons. The van der Waals surface area contributed by atoms with Gasteiger partial charge in [-0.2, -0.15) is 0 Å². The summed E-state index contributed by atoms with van der Waals surface area (Å²) in [7, 11) is 0. The Hall–Kier alpha value is -1.77. The Morgan fingerprint density at radius 1 is 1.21 bits per heavy atom. The highest BCUT2D eigenvalue weighted by atomic mass is 16.5. The topological polar surface area (TPSA) is 98.9 Å². The van der Waals surface area contributed by atoms with E-state index in [2.05, 4.69) is 22.2 Å². The maximum absolute atomic E-state index is 8.16. The second kappa shape index (κ2) is 10.2. The quantitative estimate of drug-likeness (QED) is 0.165. The fourth-order valence-corrected chi connectivity index (χ4v) is 2.79. The van der Waals surface area contributed by atoms with E-state index in [0.29, 0.717) is 24.1 Å². The predicted octanol–water partition coefficient (Wildman–Crippen LogP) is 0.164. The van der Waals surface area contributed by atoms with Crippen molar-refractivity contribution in [3.63, 3.8) is 0 Å². The molecular weight excluding hydrogens is 308 g/mol.